The molecule has 22 heavy (non-hydrogen) atoms. The van der Waals surface area contributed by atoms with Gasteiger partial charge in [-0.2, -0.15) is 5.10 Å². The SMILES string of the molecule is CN=C(NCC(C)(C)C(=O)NC)N(C)Cc1cnn(C)c1.I. The summed E-state index contributed by atoms with van der Waals surface area (Å²) in [6.07, 6.45) is 3.80. The molecule has 0 radical (unpaired) electrons. The Morgan fingerprint density at radius 3 is 2.59 bits per heavy atom. The van der Waals surface area contributed by atoms with Gasteiger partial charge < -0.3 is 15.5 Å². The van der Waals surface area contributed by atoms with Crippen LogP contribution in [0.4, 0.5) is 0 Å². The van der Waals surface area contributed by atoms with Gasteiger partial charge in [-0.15, -0.1) is 24.0 Å². The van der Waals surface area contributed by atoms with Crippen molar-refractivity contribution in [1.82, 2.24) is 25.3 Å². The Bertz CT molecular complexity index is 511. The molecule has 7 nitrogen and oxygen atoms in total. The highest BCUT2D eigenvalue weighted by Crippen LogP contribution is 2.13. The molecule has 0 atom stereocenters. The second-order valence-electron chi connectivity index (χ2n) is 5.74. The van der Waals surface area contributed by atoms with Crippen molar-refractivity contribution in [3.8, 4) is 0 Å². The summed E-state index contributed by atoms with van der Waals surface area (Å²) in [4.78, 5) is 18.0. The molecular formula is C14H27IN6O. The molecule has 0 saturated heterocycles. The Kier molecular flexibility index (Phi) is 8.43. The molecule has 0 unspecified atom stereocenters. The standard InChI is InChI=1S/C14H26N6O.HI/c1-14(2,12(21)15-3)10-17-13(16-4)19(5)8-11-7-18-20(6)9-11;/h7,9H,8,10H2,1-6H3,(H,15,21)(H,16,17);1H. The van der Waals surface area contributed by atoms with Gasteiger partial charge in [-0.05, 0) is 13.8 Å². The number of halogens is 1. The lowest BCUT2D eigenvalue weighted by molar-refractivity contribution is -0.128. The van der Waals surface area contributed by atoms with Crippen LogP contribution >= 0.6 is 24.0 Å². The van der Waals surface area contributed by atoms with E-state index in [1.54, 1.807) is 18.8 Å². The van der Waals surface area contributed by atoms with Gasteiger partial charge in [0.2, 0.25) is 5.91 Å². The van der Waals surface area contributed by atoms with E-state index in [-0.39, 0.29) is 29.9 Å². The number of rotatable bonds is 5. The quantitative estimate of drug-likeness (QED) is 0.419. The van der Waals surface area contributed by atoms with Gasteiger partial charge in [0.1, 0.15) is 0 Å². The third-order valence-corrected chi connectivity index (χ3v) is 3.28. The van der Waals surface area contributed by atoms with E-state index in [0.29, 0.717) is 13.1 Å². The average Bonchev–Trinajstić information content (AvgIpc) is 2.83. The van der Waals surface area contributed by atoms with Crippen molar-refractivity contribution in [2.45, 2.75) is 20.4 Å². The Morgan fingerprint density at radius 1 is 1.50 bits per heavy atom. The third kappa shape index (κ3) is 5.82. The summed E-state index contributed by atoms with van der Waals surface area (Å²) in [5, 5.41) is 10.1. The van der Waals surface area contributed by atoms with Crippen LogP contribution in [-0.2, 0) is 18.4 Å². The Hall–Kier alpha value is -1.32. The van der Waals surface area contributed by atoms with Crippen molar-refractivity contribution in [2.75, 3.05) is 27.7 Å². The number of aryl methyl sites for hydroxylation is 1. The van der Waals surface area contributed by atoms with Crippen LogP contribution in [0.2, 0.25) is 0 Å². The molecule has 1 aromatic heterocycles. The fraction of sp³-hybridized carbons (Fsp3) is 0.643. The monoisotopic (exact) mass is 422 g/mol. The normalized spacial score (nSPS) is 11.6. The zero-order valence-corrected chi connectivity index (χ0v) is 16.5. The zero-order chi connectivity index (χ0) is 16.0. The molecule has 1 aromatic rings. The average molecular weight is 422 g/mol. The maximum Gasteiger partial charge on any atom is 0.227 e. The van der Waals surface area contributed by atoms with E-state index in [4.69, 9.17) is 0 Å². The van der Waals surface area contributed by atoms with Gasteiger partial charge >= 0.3 is 0 Å². The van der Waals surface area contributed by atoms with E-state index >= 15 is 0 Å². The van der Waals surface area contributed by atoms with Crippen LogP contribution in [0, 0.1) is 5.41 Å². The van der Waals surface area contributed by atoms with E-state index in [1.165, 1.54) is 0 Å². The second kappa shape index (κ2) is 8.96. The Labute approximate surface area is 149 Å². The van der Waals surface area contributed by atoms with Crippen molar-refractivity contribution < 1.29 is 4.79 Å². The first kappa shape index (κ1) is 20.7. The summed E-state index contributed by atoms with van der Waals surface area (Å²) in [7, 11) is 7.22. The first-order valence-electron chi connectivity index (χ1n) is 6.91. The van der Waals surface area contributed by atoms with Crippen molar-refractivity contribution >= 4 is 35.8 Å². The van der Waals surface area contributed by atoms with Gasteiger partial charge in [0.15, 0.2) is 5.96 Å². The molecule has 0 spiro atoms. The number of hydrogen-bond acceptors (Lipinski definition) is 3. The van der Waals surface area contributed by atoms with Crippen LogP contribution in [-0.4, -0.2) is 54.2 Å². The number of carbonyl (C=O) groups excluding carboxylic acids is 1. The zero-order valence-electron chi connectivity index (χ0n) is 14.2. The number of nitrogens with zero attached hydrogens (tertiary/aromatic N) is 4. The van der Waals surface area contributed by atoms with Gasteiger partial charge in [0, 0.05) is 53.0 Å². The maximum absolute atomic E-state index is 11.8. The molecule has 0 aliphatic carbocycles. The van der Waals surface area contributed by atoms with E-state index in [2.05, 4.69) is 20.7 Å². The molecule has 0 saturated carbocycles. The minimum Gasteiger partial charge on any atom is -0.359 e. The van der Waals surface area contributed by atoms with E-state index in [9.17, 15) is 4.79 Å². The lowest BCUT2D eigenvalue weighted by Gasteiger charge is -2.27. The van der Waals surface area contributed by atoms with E-state index in [1.807, 2.05) is 45.2 Å². The fourth-order valence-corrected chi connectivity index (χ4v) is 2.01. The molecule has 126 valence electrons. The summed E-state index contributed by atoms with van der Waals surface area (Å²) >= 11 is 0. The molecule has 1 rings (SSSR count). The van der Waals surface area contributed by atoms with Gasteiger partial charge in [-0.25, -0.2) is 0 Å². The number of amides is 1. The number of aliphatic imine (C=N–C) groups is 1. The molecule has 2 N–H and O–H groups in total. The van der Waals surface area contributed by atoms with Crippen molar-refractivity contribution in [3.63, 3.8) is 0 Å². The maximum atomic E-state index is 11.8. The number of guanidine groups is 1. The number of aromatic nitrogens is 2. The molecule has 1 amide bonds. The first-order valence-corrected chi connectivity index (χ1v) is 6.91. The molecule has 0 fully saturated rings. The minimum absolute atomic E-state index is 0. The second-order valence-corrected chi connectivity index (χ2v) is 5.74. The lowest BCUT2D eigenvalue weighted by atomic mass is 9.92. The van der Waals surface area contributed by atoms with Crippen molar-refractivity contribution in [3.05, 3.63) is 18.0 Å². The van der Waals surface area contributed by atoms with E-state index < -0.39 is 5.41 Å². The molecule has 0 aliphatic rings. The van der Waals surface area contributed by atoms with Crippen molar-refractivity contribution in [2.24, 2.45) is 17.5 Å². The minimum atomic E-state index is -0.500. The van der Waals surface area contributed by atoms with E-state index in [0.717, 1.165) is 11.5 Å². The molecule has 0 aliphatic heterocycles. The van der Waals surface area contributed by atoms with Crippen LogP contribution in [0.5, 0.6) is 0 Å². The summed E-state index contributed by atoms with van der Waals surface area (Å²) in [6.45, 7) is 5.01. The van der Waals surface area contributed by atoms with Gasteiger partial charge in [0.25, 0.3) is 0 Å². The van der Waals surface area contributed by atoms with Gasteiger partial charge in [0.05, 0.1) is 11.6 Å². The molecule has 0 aromatic carbocycles. The molecule has 1 heterocycles. The largest absolute Gasteiger partial charge is 0.359 e. The Morgan fingerprint density at radius 2 is 2.14 bits per heavy atom. The summed E-state index contributed by atoms with van der Waals surface area (Å²) < 4.78 is 1.77. The lowest BCUT2D eigenvalue weighted by Crippen LogP contribution is -2.47. The summed E-state index contributed by atoms with van der Waals surface area (Å²) in [6, 6.07) is 0. The molecule has 8 heteroatoms. The first-order chi connectivity index (χ1) is 9.80. The highest BCUT2D eigenvalue weighted by molar-refractivity contribution is 14.0. The van der Waals surface area contributed by atoms with Gasteiger partial charge in [-0.3, -0.25) is 14.5 Å². The topological polar surface area (TPSA) is 74.6 Å². The van der Waals surface area contributed by atoms with Crippen LogP contribution in [0.3, 0.4) is 0 Å². The smallest absolute Gasteiger partial charge is 0.227 e. The van der Waals surface area contributed by atoms with Crippen LogP contribution in [0.1, 0.15) is 19.4 Å². The molecular weight excluding hydrogens is 395 g/mol. The van der Waals surface area contributed by atoms with Gasteiger partial charge in [-0.1, -0.05) is 0 Å². The summed E-state index contributed by atoms with van der Waals surface area (Å²) in [5.74, 6) is 0.746. The Balaban J connectivity index is 0.00000441. The van der Waals surface area contributed by atoms with Crippen LogP contribution in [0.15, 0.2) is 17.4 Å². The van der Waals surface area contributed by atoms with Crippen LogP contribution in [0.25, 0.3) is 0 Å². The third-order valence-electron chi connectivity index (χ3n) is 3.28. The van der Waals surface area contributed by atoms with Crippen molar-refractivity contribution in [1.29, 1.82) is 0 Å². The van der Waals surface area contributed by atoms with Crippen LogP contribution < -0.4 is 10.6 Å². The number of hydrogen-bond donors (Lipinski definition) is 2. The number of carbonyl (C=O) groups is 1. The highest BCUT2D eigenvalue weighted by Gasteiger charge is 2.27. The highest BCUT2D eigenvalue weighted by atomic mass is 127. The molecule has 0 bridgehead atoms. The predicted molar refractivity (Wildman–Crippen MR) is 99.3 cm³/mol. The fourth-order valence-electron chi connectivity index (χ4n) is 2.01. The summed E-state index contributed by atoms with van der Waals surface area (Å²) in [5.41, 5.74) is 0.605. The number of nitrogens with one attached hydrogen (secondary N) is 2. The predicted octanol–water partition coefficient (Wildman–Crippen LogP) is 0.817.